The van der Waals surface area contributed by atoms with E-state index in [-0.39, 0.29) is 49.0 Å². The molecule has 1 N–H and O–H groups in total. The van der Waals surface area contributed by atoms with E-state index in [1.807, 2.05) is 13.0 Å². The number of rotatable bonds is 10. The Morgan fingerprint density at radius 3 is 2.42 bits per heavy atom. The Bertz CT molecular complexity index is 785. The first kappa shape index (κ1) is 20.0. The minimum Gasteiger partial charge on any atom is -0.356 e. The number of nitrogens with one attached hydrogen (secondary N) is 1. The highest BCUT2D eigenvalue weighted by atomic mass is 32.1. The standard InChI is InChI=1S/C20H22FNO3S/c1-14-6-10-19(26-14)18(24)9-7-16(23)8-11-20(25)22-13-12-15-4-2-3-5-17(15)21/h2-6,10H,7-9,11-13H2,1H3,(H,22,25). The molecule has 0 spiro atoms. The SMILES string of the molecule is Cc1ccc(C(=O)CCC(=O)CCC(=O)NCCc2ccccc2F)s1. The molecule has 0 radical (unpaired) electrons. The lowest BCUT2D eigenvalue weighted by Crippen LogP contribution is -2.26. The van der Waals surface area contributed by atoms with E-state index in [0.717, 1.165) is 4.88 Å². The van der Waals surface area contributed by atoms with Crippen molar-refractivity contribution in [3.05, 3.63) is 57.5 Å². The second kappa shape index (κ2) is 9.97. The van der Waals surface area contributed by atoms with Crippen LogP contribution in [0.2, 0.25) is 0 Å². The third-order valence-electron chi connectivity index (χ3n) is 3.95. The molecule has 0 atom stereocenters. The van der Waals surface area contributed by atoms with Crippen molar-refractivity contribution in [2.24, 2.45) is 0 Å². The van der Waals surface area contributed by atoms with E-state index in [0.29, 0.717) is 23.4 Å². The first-order valence-electron chi connectivity index (χ1n) is 8.57. The van der Waals surface area contributed by atoms with Gasteiger partial charge in [-0.25, -0.2) is 4.39 Å². The zero-order valence-electron chi connectivity index (χ0n) is 14.7. The molecule has 4 nitrogen and oxygen atoms in total. The first-order valence-corrected chi connectivity index (χ1v) is 9.39. The molecule has 26 heavy (non-hydrogen) atoms. The Morgan fingerprint density at radius 1 is 1.00 bits per heavy atom. The molecule has 0 aliphatic carbocycles. The van der Waals surface area contributed by atoms with E-state index in [9.17, 15) is 18.8 Å². The van der Waals surface area contributed by atoms with E-state index in [4.69, 9.17) is 0 Å². The Morgan fingerprint density at radius 2 is 1.73 bits per heavy atom. The lowest BCUT2D eigenvalue weighted by atomic mass is 10.1. The van der Waals surface area contributed by atoms with Gasteiger partial charge in [0.2, 0.25) is 5.91 Å². The summed E-state index contributed by atoms with van der Waals surface area (Å²) in [5.74, 6) is -0.668. The van der Waals surface area contributed by atoms with Gasteiger partial charge in [-0.2, -0.15) is 0 Å². The van der Waals surface area contributed by atoms with Gasteiger partial charge in [-0.05, 0) is 37.1 Å². The average molecular weight is 375 g/mol. The third kappa shape index (κ3) is 6.52. The number of halogens is 1. The lowest BCUT2D eigenvalue weighted by Gasteiger charge is -2.06. The number of hydrogen-bond acceptors (Lipinski definition) is 4. The fourth-order valence-electron chi connectivity index (χ4n) is 2.46. The average Bonchev–Trinajstić information content (AvgIpc) is 3.06. The van der Waals surface area contributed by atoms with Gasteiger partial charge < -0.3 is 5.32 Å². The molecule has 2 rings (SSSR count). The fraction of sp³-hybridized carbons (Fsp3) is 0.350. The van der Waals surface area contributed by atoms with Crippen LogP contribution in [0.1, 0.15) is 45.8 Å². The zero-order valence-corrected chi connectivity index (χ0v) is 15.5. The number of carbonyl (C=O) groups is 3. The molecule has 1 amide bonds. The highest BCUT2D eigenvalue weighted by Crippen LogP contribution is 2.17. The van der Waals surface area contributed by atoms with Gasteiger partial charge in [0.25, 0.3) is 0 Å². The summed E-state index contributed by atoms with van der Waals surface area (Å²) >= 11 is 1.42. The molecule has 138 valence electrons. The van der Waals surface area contributed by atoms with E-state index in [2.05, 4.69) is 5.32 Å². The second-order valence-electron chi connectivity index (χ2n) is 6.06. The summed E-state index contributed by atoms with van der Waals surface area (Å²) in [5, 5.41) is 2.68. The maximum absolute atomic E-state index is 13.5. The highest BCUT2D eigenvalue weighted by Gasteiger charge is 2.12. The van der Waals surface area contributed by atoms with Crippen LogP contribution < -0.4 is 5.32 Å². The fourth-order valence-corrected chi connectivity index (χ4v) is 3.30. The van der Waals surface area contributed by atoms with Crippen LogP contribution in [0.5, 0.6) is 0 Å². The second-order valence-corrected chi connectivity index (χ2v) is 7.35. The number of benzene rings is 1. The zero-order chi connectivity index (χ0) is 18.9. The first-order chi connectivity index (χ1) is 12.5. The van der Waals surface area contributed by atoms with Crippen LogP contribution in [0.15, 0.2) is 36.4 Å². The highest BCUT2D eigenvalue weighted by molar-refractivity contribution is 7.14. The molecular weight excluding hydrogens is 353 g/mol. The molecule has 0 fully saturated rings. The quantitative estimate of drug-likeness (QED) is 0.641. The van der Waals surface area contributed by atoms with Gasteiger partial charge in [-0.15, -0.1) is 11.3 Å². The molecule has 1 aromatic carbocycles. The monoisotopic (exact) mass is 375 g/mol. The summed E-state index contributed by atoms with van der Waals surface area (Å²) in [6, 6.07) is 10.1. The molecule has 0 saturated carbocycles. The third-order valence-corrected chi connectivity index (χ3v) is 4.99. The normalized spacial score (nSPS) is 10.5. The van der Waals surface area contributed by atoms with Crippen molar-refractivity contribution >= 4 is 28.8 Å². The van der Waals surface area contributed by atoms with Crippen molar-refractivity contribution < 1.29 is 18.8 Å². The number of carbonyl (C=O) groups excluding carboxylic acids is 3. The summed E-state index contributed by atoms with van der Waals surface area (Å²) in [6.07, 6.45) is 0.928. The smallest absolute Gasteiger partial charge is 0.220 e. The van der Waals surface area contributed by atoms with Gasteiger partial charge in [0.05, 0.1) is 4.88 Å². The predicted octanol–water partition coefficient (Wildman–Crippen LogP) is 3.87. The van der Waals surface area contributed by atoms with Gasteiger partial charge in [0, 0.05) is 37.1 Å². The van der Waals surface area contributed by atoms with Crippen molar-refractivity contribution in [2.45, 2.75) is 39.0 Å². The molecule has 0 saturated heterocycles. The summed E-state index contributed by atoms with van der Waals surface area (Å²) in [6.45, 7) is 2.25. The van der Waals surface area contributed by atoms with Gasteiger partial charge >= 0.3 is 0 Å². The molecule has 1 heterocycles. The summed E-state index contributed by atoms with van der Waals surface area (Å²) < 4.78 is 13.5. The number of thiophene rings is 1. The van der Waals surface area contributed by atoms with E-state index in [1.165, 1.54) is 17.4 Å². The Labute approximate surface area is 156 Å². The molecule has 0 aliphatic heterocycles. The molecule has 6 heteroatoms. The Kier molecular flexibility index (Phi) is 7.66. The van der Waals surface area contributed by atoms with Crippen LogP contribution in [0.25, 0.3) is 0 Å². The number of Topliss-reactive ketones (excluding diaryl/α,β-unsaturated/α-hetero) is 2. The molecule has 2 aromatic rings. The van der Waals surface area contributed by atoms with Gasteiger partial charge in [0.15, 0.2) is 5.78 Å². The minimum absolute atomic E-state index is 0.0363. The molecular formula is C20H22FNO3S. The van der Waals surface area contributed by atoms with Gasteiger partial charge in [-0.3, -0.25) is 14.4 Å². The van der Waals surface area contributed by atoms with E-state index >= 15 is 0 Å². The summed E-state index contributed by atoms with van der Waals surface area (Å²) in [7, 11) is 0. The maximum Gasteiger partial charge on any atom is 0.220 e. The predicted molar refractivity (Wildman–Crippen MR) is 100.0 cm³/mol. The molecule has 1 aromatic heterocycles. The van der Waals surface area contributed by atoms with Crippen molar-refractivity contribution in [3.63, 3.8) is 0 Å². The Balaban J connectivity index is 1.61. The van der Waals surface area contributed by atoms with Crippen LogP contribution in [0.3, 0.4) is 0 Å². The Hall–Kier alpha value is -2.34. The topological polar surface area (TPSA) is 63.2 Å². The molecule has 0 bridgehead atoms. The number of hydrogen-bond donors (Lipinski definition) is 1. The summed E-state index contributed by atoms with van der Waals surface area (Å²) in [4.78, 5) is 37.3. The van der Waals surface area contributed by atoms with Crippen LogP contribution in [-0.2, 0) is 16.0 Å². The van der Waals surface area contributed by atoms with Crippen LogP contribution >= 0.6 is 11.3 Å². The number of amides is 1. The van der Waals surface area contributed by atoms with Crippen molar-refractivity contribution in [2.75, 3.05) is 6.54 Å². The van der Waals surface area contributed by atoms with Gasteiger partial charge in [-0.1, -0.05) is 18.2 Å². The van der Waals surface area contributed by atoms with E-state index in [1.54, 1.807) is 24.3 Å². The van der Waals surface area contributed by atoms with Crippen LogP contribution in [-0.4, -0.2) is 24.0 Å². The maximum atomic E-state index is 13.5. The minimum atomic E-state index is -0.289. The summed E-state index contributed by atoms with van der Waals surface area (Å²) in [5.41, 5.74) is 0.547. The van der Waals surface area contributed by atoms with Crippen molar-refractivity contribution in [3.8, 4) is 0 Å². The molecule has 0 aliphatic rings. The van der Waals surface area contributed by atoms with Crippen LogP contribution in [0.4, 0.5) is 4.39 Å². The largest absolute Gasteiger partial charge is 0.356 e. The molecule has 0 unspecified atom stereocenters. The van der Waals surface area contributed by atoms with Gasteiger partial charge in [0.1, 0.15) is 11.6 Å². The van der Waals surface area contributed by atoms with Crippen molar-refractivity contribution in [1.29, 1.82) is 0 Å². The number of aryl methyl sites for hydroxylation is 1. The lowest BCUT2D eigenvalue weighted by molar-refractivity contribution is -0.125. The number of ketones is 2. The van der Waals surface area contributed by atoms with Crippen molar-refractivity contribution in [1.82, 2.24) is 5.32 Å². The van der Waals surface area contributed by atoms with Crippen LogP contribution in [0, 0.1) is 12.7 Å². The van der Waals surface area contributed by atoms with E-state index < -0.39 is 0 Å².